The van der Waals surface area contributed by atoms with Crippen LogP contribution in [0.1, 0.15) is 50.3 Å². The van der Waals surface area contributed by atoms with Gasteiger partial charge in [0, 0.05) is 18.3 Å². The molecule has 0 aliphatic heterocycles. The number of aromatic nitrogens is 1. The zero-order chi connectivity index (χ0) is 13.0. The summed E-state index contributed by atoms with van der Waals surface area (Å²) in [7, 11) is 1.96. The van der Waals surface area contributed by atoms with Gasteiger partial charge in [0.15, 0.2) is 0 Å². The Morgan fingerprint density at radius 2 is 2.17 bits per heavy atom. The molecule has 1 aromatic heterocycles. The Morgan fingerprint density at radius 1 is 1.39 bits per heavy atom. The van der Waals surface area contributed by atoms with Crippen LogP contribution in [0, 0.1) is 5.92 Å². The highest BCUT2D eigenvalue weighted by Crippen LogP contribution is 2.32. The fourth-order valence-corrected chi connectivity index (χ4v) is 1.99. The number of nitrogens with one attached hydrogen (secondary N) is 1. The van der Waals surface area contributed by atoms with Gasteiger partial charge in [-0.05, 0) is 36.9 Å². The molecule has 1 aliphatic rings. The van der Waals surface area contributed by atoms with Gasteiger partial charge in [-0.2, -0.15) is 0 Å². The van der Waals surface area contributed by atoms with Crippen LogP contribution in [0.2, 0.25) is 0 Å². The molecule has 1 aliphatic carbocycles. The smallest absolute Gasteiger partial charge is 0.213 e. The lowest BCUT2D eigenvalue weighted by Crippen LogP contribution is -2.08. The van der Waals surface area contributed by atoms with E-state index in [-0.39, 0.29) is 0 Å². The molecule has 0 spiro atoms. The molecular formula is C15H24N2O. The van der Waals surface area contributed by atoms with Gasteiger partial charge in [0.1, 0.15) is 0 Å². The summed E-state index contributed by atoms with van der Waals surface area (Å²) in [5, 5.41) is 3.18. The van der Waals surface area contributed by atoms with Crippen LogP contribution in [0.15, 0.2) is 12.1 Å². The maximum absolute atomic E-state index is 5.80. The highest BCUT2D eigenvalue weighted by Gasteiger charge is 2.20. The van der Waals surface area contributed by atoms with Crippen LogP contribution in [-0.4, -0.2) is 18.6 Å². The number of hydrogen-bond donors (Lipinski definition) is 1. The highest BCUT2D eigenvalue weighted by molar-refractivity contribution is 5.26. The van der Waals surface area contributed by atoms with E-state index in [9.17, 15) is 0 Å². The Morgan fingerprint density at radius 3 is 2.78 bits per heavy atom. The van der Waals surface area contributed by atoms with E-state index in [4.69, 9.17) is 4.74 Å². The first-order valence-electron chi connectivity index (χ1n) is 6.97. The molecule has 1 aromatic rings. The van der Waals surface area contributed by atoms with Gasteiger partial charge in [0.2, 0.25) is 5.88 Å². The second kappa shape index (κ2) is 6.19. The van der Waals surface area contributed by atoms with Crippen molar-refractivity contribution < 1.29 is 4.74 Å². The second-order valence-electron chi connectivity index (χ2n) is 5.50. The summed E-state index contributed by atoms with van der Waals surface area (Å²) >= 11 is 0. The Labute approximate surface area is 110 Å². The minimum absolute atomic E-state index is 0.438. The molecule has 0 aromatic carbocycles. The molecule has 0 atom stereocenters. The van der Waals surface area contributed by atoms with Crippen LogP contribution in [0.4, 0.5) is 0 Å². The van der Waals surface area contributed by atoms with Gasteiger partial charge in [-0.15, -0.1) is 0 Å². The van der Waals surface area contributed by atoms with Crippen molar-refractivity contribution in [2.45, 2.75) is 45.6 Å². The Bertz CT molecular complexity index is 386. The van der Waals surface area contributed by atoms with Crippen molar-refractivity contribution in [3.8, 4) is 5.88 Å². The molecular weight excluding hydrogens is 224 g/mol. The zero-order valence-electron chi connectivity index (χ0n) is 11.7. The first-order chi connectivity index (χ1) is 8.69. The van der Waals surface area contributed by atoms with Crippen molar-refractivity contribution in [2.24, 2.45) is 5.92 Å². The van der Waals surface area contributed by atoms with E-state index in [1.165, 1.54) is 24.8 Å². The van der Waals surface area contributed by atoms with Crippen molar-refractivity contribution in [3.05, 3.63) is 23.4 Å². The quantitative estimate of drug-likeness (QED) is 0.805. The Balaban J connectivity index is 2.00. The van der Waals surface area contributed by atoms with Gasteiger partial charge < -0.3 is 10.1 Å². The summed E-state index contributed by atoms with van der Waals surface area (Å²) in [5.41, 5.74) is 2.36. The van der Waals surface area contributed by atoms with Crippen LogP contribution in [0.3, 0.4) is 0 Å². The maximum atomic E-state index is 5.80. The van der Waals surface area contributed by atoms with E-state index >= 15 is 0 Å². The molecule has 100 valence electrons. The number of hydrogen-bond acceptors (Lipinski definition) is 3. The zero-order valence-corrected chi connectivity index (χ0v) is 11.7. The van der Waals surface area contributed by atoms with Crippen molar-refractivity contribution in [2.75, 3.05) is 13.7 Å². The molecule has 3 heteroatoms. The van der Waals surface area contributed by atoms with Crippen molar-refractivity contribution in [1.29, 1.82) is 0 Å². The van der Waals surface area contributed by atoms with E-state index in [1.807, 2.05) is 7.05 Å². The standard InChI is InChI=1S/C15H24N2O/c1-11(2)14-8-13(10-16-3)9-15(17-14)18-7-6-12-4-5-12/h8-9,11-12,16H,4-7,10H2,1-3H3. The van der Waals surface area contributed by atoms with Gasteiger partial charge in [-0.25, -0.2) is 4.98 Å². The molecule has 3 nitrogen and oxygen atoms in total. The summed E-state index contributed by atoms with van der Waals surface area (Å²) < 4.78 is 5.80. The summed E-state index contributed by atoms with van der Waals surface area (Å²) in [6.07, 6.45) is 3.94. The fraction of sp³-hybridized carbons (Fsp3) is 0.667. The fourth-order valence-electron chi connectivity index (χ4n) is 1.99. The van der Waals surface area contributed by atoms with Gasteiger partial charge in [0.05, 0.1) is 6.61 Å². The molecule has 0 unspecified atom stereocenters. The van der Waals surface area contributed by atoms with E-state index in [0.29, 0.717) is 5.92 Å². The SMILES string of the molecule is CNCc1cc(OCCC2CC2)nc(C(C)C)c1. The summed E-state index contributed by atoms with van der Waals surface area (Å²) in [4.78, 5) is 4.58. The van der Waals surface area contributed by atoms with E-state index in [2.05, 4.69) is 36.3 Å². The number of pyridine rings is 1. The lowest BCUT2D eigenvalue weighted by atomic mass is 10.1. The predicted molar refractivity (Wildman–Crippen MR) is 73.9 cm³/mol. The van der Waals surface area contributed by atoms with E-state index < -0.39 is 0 Å². The van der Waals surface area contributed by atoms with Crippen LogP contribution in [0.5, 0.6) is 5.88 Å². The predicted octanol–water partition coefficient (Wildman–Crippen LogP) is 3.10. The summed E-state index contributed by atoms with van der Waals surface area (Å²) in [5.74, 6) is 2.13. The second-order valence-corrected chi connectivity index (χ2v) is 5.50. The summed E-state index contributed by atoms with van der Waals surface area (Å²) in [6, 6.07) is 4.21. The minimum atomic E-state index is 0.438. The normalized spacial score (nSPS) is 15.1. The van der Waals surface area contributed by atoms with Crippen LogP contribution < -0.4 is 10.1 Å². The first kappa shape index (κ1) is 13.3. The monoisotopic (exact) mass is 248 g/mol. The third-order valence-corrected chi connectivity index (χ3v) is 3.33. The maximum Gasteiger partial charge on any atom is 0.213 e. The molecule has 1 fully saturated rings. The lowest BCUT2D eigenvalue weighted by Gasteiger charge is -2.12. The molecule has 1 heterocycles. The van der Waals surface area contributed by atoms with E-state index in [0.717, 1.165) is 30.6 Å². The lowest BCUT2D eigenvalue weighted by molar-refractivity contribution is 0.290. The van der Waals surface area contributed by atoms with Gasteiger partial charge in [0.25, 0.3) is 0 Å². The minimum Gasteiger partial charge on any atom is -0.478 e. The molecule has 0 bridgehead atoms. The third kappa shape index (κ3) is 3.98. The molecule has 0 amide bonds. The Kier molecular flexibility index (Phi) is 4.59. The van der Waals surface area contributed by atoms with Crippen molar-refractivity contribution in [3.63, 3.8) is 0 Å². The van der Waals surface area contributed by atoms with E-state index in [1.54, 1.807) is 0 Å². The molecule has 18 heavy (non-hydrogen) atoms. The van der Waals surface area contributed by atoms with Gasteiger partial charge >= 0.3 is 0 Å². The average Bonchev–Trinajstić information content (AvgIpc) is 3.13. The van der Waals surface area contributed by atoms with Crippen molar-refractivity contribution in [1.82, 2.24) is 10.3 Å². The summed E-state index contributed by atoms with van der Waals surface area (Å²) in [6.45, 7) is 6.00. The topological polar surface area (TPSA) is 34.1 Å². The average molecular weight is 248 g/mol. The number of nitrogens with zero attached hydrogens (tertiary/aromatic N) is 1. The number of rotatable bonds is 7. The molecule has 0 radical (unpaired) electrons. The van der Waals surface area contributed by atoms with Gasteiger partial charge in [-0.3, -0.25) is 0 Å². The van der Waals surface area contributed by atoms with Crippen LogP contribution in [0.25, 0.3) is 0 Å². The molecule has 0 saturated heterocycles. The first-order valence-corrected chi connectivity index (χ1v) is 6.97. The Hall–Kier alpha value is -1.09. The number of ether oxygens (including phenoxy) is 1. The molecule has 1 N–H and O–H groups in total. The molecule has 1 saturated carbocycles. The van der Waals surface area contributed by atoms with Crippen LogP contribution in [-0.2, 0) is 6.54 Å². The third-order valence-electron chi connectivity index (χ3n) is 3.33. The largest absolute Gasteiger partial charge is 0.478 e. The van der Waals surface area contributed by atoms with Crippen LogP contribution >= 0.6 is 0 Å². The highest BCUT2D eigenvalue weighted by atomic mass is 16.5. The van der Waals surface area contributed by atoms with Crippen molar-refractivity contribution >= 4 is 0 Å². The van der Waals surface area contributed by atoms with Gasteiger partial charge in [-0.1, -0.05) is 26.7 Å². The molecule has 2 rings (SSSR count).